The molecule has 27 heavy (non-hydrogen) atoms. The molecule has 142 valence electrons. The molecule has 0 aliphatic carbocycles. The summed E-state index contributed by atoms with van der Waals surface area (Å²) in [5.74, 6) is -1.87. The molecule has 2 fully saturated rings. The van der Waals surface area contributed by atoms with Crippen LogP contribution in [0.4, 0.5) is 0 Å². The third-order valence-electron chi connectivity index (χ3n) is 5.63. The van der Waals surface area contributed by atoms with Gasteiger partial charge in [0.2, 0.25) is 11.8 Å². The predicted octanol–water partition coefficient (Wildman–Crippen LogP) is -0.118. The number of likely N-dealkylation sites (N-methyl/N-ethyl adjacent to an activating group) is 1. The van der Waals surface area contributed by atoms with E-state index in [9.17, 15) is 19.2 Å². The molecule has 3 heterocycles. The number of fused-ring (bicyclic) bond motifs is 1. The van der Waals surface area contributed by atoms with Crippen LogP contribution in [0.2, 0.25) is 0 Å². The number of imide groups is 2. The van der Waals surface area contributed by atoms with Crippen LogP contribution in [0.1, 0.15) is 45.5 Å². The quantitative estimate of drug-likeness (QED) is 0.717. The molecule has 8 heteroatoms. The monoisotopic (exact) mass is 370 g/mol. The Hall–Kier alpha value is -2.58. The van der Waals surface area contributed by atoms with Gasteiger partial charge in [-0.3, -0.25) is 34.3 Å². The van der Waals surface area contributed by atoms with Crippen LogP contribution < -0.4 is 10.6 Å². The Kier molecular flexibility index (Phi) is 4.53. The van der Waals surface area contributed by atoms with E-state index in [-0.39, 0.29) is 18.7 Å². The number of nitrogens with zero attached hydrogens (tertiary/aromatic N) is 2. The number of hydrogen-bond donors (Lipinski definition) is 2. The van der Waals surface area contributed by atoms with Crippen LogP contribution in [0, 0.1) is 0 Å². The minimum atomic E-state index is -0.931. The van der Waals surface area contributed by atoms with E-state index in [1.807, 2.05) is 13.1 Å². The number of hydrogen-bond acceptors (Lipinski definition) is 6. The van der Waals surface area contributed by atoms with Gasteiger partial charge in [0.05, 0.1) is 11.1 Å². The second kappa shape index (κ2) is 6.86. The highest BCUT2D eigenvalue weighted by atomic mass is 16.2. The molecule has 2 N–H and O–H groups in total. The lowest BCUT2D eigenvalue weighted by Crippen LogP contribution is -2.54. The van der Waals surface area contributed by atoms with Gasteiger partial charge in [0.25, 0.3) is 11.8 Å². The summed E-state index contributed by atoms with van der Waals surface area (Å²) in [5, 5.41) is 5.54. The number of benzene rings is 1. The van der Waals surface area contributed by atoms with Crippen LogP contribution in [0.3, 0.4) is 0 Å². The van der Waals surface area contributed by atoms with Crippen molar-refractivity contribution in [3.63, 3.8) is 0 Å². The number of amides is 4. The first-order chi connectivity index (χ1) is 13.0. The molecule has 4 rings (SSSR count). The van der Waals surface area contributed by atoms with Crippen molar-refractivity contribution in [2.75, 3.05) is 20.1 Å². The van der Waals surface area contributed by atoms with Gasteiger partial charge in [-0.2, -0.15) is 0 Å². The third-order valence-corrected chi connectivity index (χ3v) is 5.63. The van der Waals surface area contributed by atoms with Crippen molar-refractivity contribution in [1.29, 1.82) is 0 Å². The van der Waals surface area contributed by atoms with E-state index in [2.05, 4.69) is 15.5 Å². The molecule has 0 saturated carbocycles. The summed E-state index contributed by atoms with van der Waals surface area (Å²) in [6, 6.07) is 4.71. The molecule has 0 spiro atoms. The SMILES string of the molecule is CN(Cc1cccc2c1C(=O)N(C1CCC(=O)NC1=O)C2=O)[C@@H]1CCNC1. The van der Waals surface area contributed by atoms with Crippen LogP contribution in [0.25, 0.3) is 0 Å². The van der Waals surface area contributed by atoms with Crippen molar-refractivity contribution in [2.24, 2.45) is 0 Å². The van der Waals surface area contributed by atoms with Gasteiger partial charge in [-0.05, 0) is 38.1 Å². The third kappa shape index (κ3) is 3.04. The van der Waals surface area contributed by atoms with E-state index < -0.39 is 23.8 Å². The molecule has 0 bridgehead atoms. The van der Waals surface area contributed by atoms with Gasteiger partial charge in [-0.15, -0.1) is 0 Å². The lowest BCUT2D eigenvalue weighted by molar-refractivity contribution is -0.136. The summed E-state index contributed by atoms with van der Waals surface area (Å²) in [6.07, 6.45) is 1.33. The molecule has 0 aromatic heterocycles. The Bertz CT molecular complexity index is 831. The van der Waals surface area contributed by atoms with Crippen LogP contribution in [-0.2, 0) is 16.1 Å². The summed E-state index contributed by atoms with van der Waals surface area (Å²) in [7, 11) is 2.01. The normalized spacial score (nSPS) is 25.3. The molecule has 4 amide bonds. The topological polar surface area (TPSA) is 98.8 Å². The summed E-state index contributed by atoms with van der Waals surface area (Å²) in [5.41, 5.74) is 1.50. The minimum Gasteiger partial charge on any atom is -0.315 e. The zero-order valence-corrected chi connectivity index (χ0v) is 15.2. The lowest BCUT2D eigenvalue weighted by Gasteiger charge is -2.28. The minimum absolute atomic E-state index is 0.119. The summed E-state index contributed by atoms with van der Waals surface area (Å²) in [6.45, 7) is 2.43. The molecule has 3 aliphatic heterocycles. The van der Waals surface area contributed by atoms with E-state index in [0.717, 1.165) is 30.0 Å². The lowest BCUT2D eigenvalue weighted by atomic mass is 10.0. The predicted molar refractivity (Wildman–Crippen MR) is 95.9 cm³/mol. The van der Waals surface area contributed by atoms with Gasteiger partial charge in [-0.1, -0.05) is 12.1 Å². The Balaban J connectivity index is 1.61. The van der Waals surface area contributed by atoms with Gasteiger partial charge in [-0.25, -0.2) is 0 Å². The number of carbonyl (C=O) groups is 4. The molecule has 1 aromatic carbocycles. The van der Waals surface area contributed by atoms with Gasteiger partial charge in [0, 0.05) is 25.6 Å². The van der Waals surface area contributed by atoms with Gasteiger partial charge >= 0.3 is 0 Å². The van der Waals surface area contributed by atoms with Gasteiger partial charge in [0.15, 0.2) is 0 Å². The molecule has 3 aliphatic rings. The van der Waals surface area contributed by atoms with Gasteiger partial charge in [0.1, 0.15) is 6.04 Å². The van der Waals surface area contributed by atoms with Crippen molar-refractivity contribution < 1.29 is 19.2 Å². The number of piperidine rings is 1. The number of nitrogens with one attached hydrogen (secondary N) is 2. The maximum absolute atomic E-state index is 13.1. The largest absolute Gasteiger partial charge is 0.315 e. The van der Waals surface area contributed by atoms with Crippen molar-refractivity contribution >= 4 is 23.6 Å². The molecule has 8 nitrogen and oxygen atoms in total. The number of rotatable bonds is 4. The average Bonchev–Trinajstić information content (AvgIpc) is 3.25. The second-order valence-corrected chi connectivity index (χ2v) is 7.35. The van der Waals surface area contributed by atoms with Crippen molar-refractivity contribution in [3.05, 3.63) is 34.9 Å². The Morgan fingerprint density at radius 3 is 2.67 bits per heavy atom. The molecule has 1 aromatic rings. The molecular weight excluding hydrogens is 348 g/mol. The van der Waals surface area contributed by atoms with E-state index in [0.29, 0.717) is 23.7 Å². The zero-order chi connectivity index (χ0) is 19.1. The first kappa shape index (κ1) is 17.8. The fraction of sp³-hybridized carbons (Fsp3) is 0.474. The van der Waals surface area contributed by atoms with E-state index >= 15 is 0 Å². The maximum atomic E-state index is 13.1. The Labute approximate surface area is 156 Å². The number of carbonyl (C=O) groups excluding carboxylic acids is 4. The second-order valence-electron chi connectivity index (χ2n) is 7.35. The highest BCUT2D eigenvalue weighted by Gasteiger charge is 2.45. The van der Waals surface area contributed by atoms with Crippen LogP contribution in [-0.4, -0.2) is 65.6 Å². The van der Waals surface area contributed by atoms with Gasteiger partial charge < -0.3 is 5.32 Å². The Morgan fingerprint density at radius 1 is 1.15 bits per heavy atom. The maximum Gasteiger partial charge on any atom is 0.262 e. The van der Waals surface area contributed by atoms with E-state index in [4.69, 9.17) is 0 Å². The molecule has 2 saturated heterocycles. The average molecular weight is 370 g/mol. The van der Waals surface area contributed by atoms with Crippen molar-refractivity contribution in [1.82, 2.24) is 20.4 Å². The summed E-state index contributed by atoms with van der Waals surface area (Å²) in [4.78, 5) is 52.7. The van der Waals surface area contributed by atoms with Crippen LogP contribution in [0.15, 0.2) is 18.2 Å². The van der Waals surface area contributed by atoms with Crippen molar-refractivity contribution in [3.8, 4) is 0 Å². The molecule has 2 atom stereocenters. The van der Waals surface area contributed by atoms with Crippen molar-refractivity contribution in [2.45, 2.75) is 37.9 Å². The van der Waals surface area contributed by atoms with E-state index in [1.54, 1.807) is 12.1 Å². The molecule has 1 unspecified atom stereocenters. The van der Waals surface area contributed by atoms with Crippen LogP contribution in [0.5, 0.6) is 0 Å². The summed E-state index contributed by atoms with van der Waals surface area (Å²) < 4.78 is 0. The smallest absolute Gasteiger partial charge is 0.262 e. The molecular formula is C19H22N4O4. The van der Waals surface area contributed by atoms with Crippen LogP contribution >= 0.6 is 0 Å². The fourth-order valence-electron chi connectivity index (χ4n) is 4.13. The standard InChI is InChI=1S/C19H22N4O4/c1-22(12-7-8-20-9-12)10-11-3-2-4-13-16(11)19(27)23(18(13)26)14-5-6-15(24)21-17(14)25/h2-4,12,14,20H,5-10H2,1H3,(H,21,24,25)/t12-,14?/m1/s1. The Morgan fingerprint density at radius 2 is 1.96 bits per heavy atom. The first-order valence-electron chi connectivity index (χ1n) is 9.22. The molecule has 0 radical (unpaired) electrons. The fourth-order valence-corrected chi connectivity index (χ4v) is 4.13. The highest BCUT2D eigenvalue weighted by molar-refractivity contribution is 6.24. The zero-order valence-electron chi connectivity index (χ0n) is 15.2. The highest BCUT2D eigenvalue weighted by Crippen LogP contribution is 2.30. The summed E-state index contributed by atoms with van der Waals surface area (Å²) >= 11 is 0. The first-order valence-corrected chi connectivity index (χ1v) is 9.22. The van der Waals surface area contributed by atoms with E-state index in [1.165, 1.54) is 0 Å².